The second-order valence-electron chi connectivity index (χ2n) is 7.48. The molecule has 1 atom stereocenters. The lowest BCUT2D eigenvalue weighted by Gasteiger charge is -2.13. The summed E-state index contributed by atoms with van der Waals surface area (Å²) in [6, 6.07) is 10.1. The van der Waals surface area contributed by atoms with Gasteiger partial charge in [0.05, 0.1) is 30.2 Å². The number of rotatable bonds is 5. The largest absolute Gasteiger partial charge is 0.344 e. The van der Waals surface area contributed by atoms with Crippen LogP contribution >= 0.6 is 0 Å². The highest BCUT2D eigenvalue weighted by atomic mass is 16.2. The van der Waals surface area contributed by atoms with Gasteiger partial charge in [0.25, 0.3) is 5.91 Å². The van der Waals surface area contributed by atoms with Crippen LogP contribution < -0.4 is 5.32 Å². The molecule has 1 saturated carbocycles. The molecule has 1 amide bonds. The van der Waals surface area contributed by atoms with E-state index in [0.717, 1.165) is 24.1 Å². The van der Waals surface area contributed by atoms with E-state index in [-0.39, 0.29) is 11.9 Å². The van der Waals surface area contributed by atoms with E-state index in [0.29, 0.717) is 11.7 Å². The van der Waals surface area contributed by atoms with Crippen LogP contribution in [0.15, 0.2) is 48.9 Å². The minimum absolute atomic E-state index is 0.173. The van der Waals surface area contributed by atoms with Crippen molar-refractivity contribution in [2.75, 3.05) is 0 Å². The molecule has 28 heavy (non-hydrogen) atoms. The van der Waals surface area contributed by atoms with Gasteiger partial charge in [-0.3, -0.25) is 4.79 Å². The molecular weight excluding hydrogens is 352 g/mol. The van der Waals surface area contributed by atoms with Crippen molar-refractivity contribution >= 4 is 5.91 Å². The van der Waals surface area contributed by atoms with Crippen LogP contribution in [0, 0.1) is 0 Å². The fourth-order valence-electron chi connectivity index (χ4n) is 3.72. The summed E-state index contributed by atoms with van der Waals surface area (Å²) < 4.78 is 3.68. The number of carbonyl (C=O) groups is 1. The van der Waals surface area contributed by atoms with Crippen LogP contribution in [0.5, 0.6) is 0 Å². The molecule has 2 heterocycles. The van der Waals surface area contributed by atoms with Gasteiger partial charge >= 0.3 is 0 Å². The molecule has 1 N–H and O–H groups in total. The molecule has 0 radical (unpaired) electrons. The lowest BCUT2D eigenvalue weighted by Crippen LogP contribution is -2.26. The Morgan fingerprint density at radius 1 is 1.11 bits per heavy atom. The summed E-state index contributed by atoms with van der Waals surface area (Å²) in [5, 5.41) is 15.7. The number of amides is 1. The molecule has 4 rings (SSSR count). The highest BCUT2D eigenvalue weighted by Gasteiger charge is 2.20. The van der Waals surface area contributed by atoms with Gasteiger partial charge in [0.15, 0.2) is 5.69 Å². The van der Waals surface area contributed by atoms with Crippen LogP contribution in [0.25, 0.3) is 5.69 Å². The average Bonchev–Trinajstić information content (AvgIpc) is 3.33. The summed E-state index contributed by atoms with van der Waals surface area (Å²) in [7, 11) is 0. The number of carbonyl (C=O) groups excluding carboxylic acids is 1. The quantitative estimate of drug-likeness (QED) is 0.684. The smallest absolute Gasteiger partial charge is 0.273 e. The third-order valence-corrected chi connectivity index (χ3v) is 5.41. The Balaban J connectivity index is 1.40. The van der Waals surface area contributed by atoms with Gasteiger partial charge in [0, 0.05) is 11.8 Å². The first-order valence-electron chi connectivity index (χ1n) is 10.0. The molecule has 1 fully saturated rings. The number of nitrogens with zero attached hydrogens (tertiary/aromatic N) is 5. The standard InChI is InChI=1S/C21H26N6O/c1-16(17-13-22-26(14-17)18-9-7-4-8-10-18)23-21(28)20-15-27(25-24-20)19-11-5-2-3-6-12-19/h4,7-10,13-16,19H,2-3,5-6,11-12H2,1H3,(H,23,28)/t16-/m1/s1. The molecule has 2 aromatic heterocycles. The predicted molar refractivity (Wildman–Crippen MR) is 106 cm³/mol. The third kappa shape index (κ3) is 4.13. The van der Waals surface area contributed by atoms with Crippen molar-refractivity contribution in [3.63, 3.8) is 0 Å². The monoisotopic (exact) mass is 378 g/mol. The zero-order valence-electron chi connectivity index (χ0n) is 16.2. The Morgan fingerprint density at radius 3 is 2.61 bits per heavy atom. The topological polar surface area (TPSA) is 77.6 Å². The van der Waals surface area contributed by atoms with Gasteiger partial charge in [-0.2, -0.15) is 5.10 Å². The molecule has 1 aromatic carbocycles. The van der Waals surface area contributed by atoms with Gasteiger partial charge in [-0.15, -0.1) is 5.10 Å². The van der Waals surface area contributed by atoms with E-state index in [1.54, 1.807) is 17.1 Å². The highest BCUT2D eigenvalue weighted by Crippen LogP contribution is 2.26. The summed E-state index contributed by atoms with van der Waals surface area (Å²) >= 11 is 0. The van der Waals surface area contributed by atoms with Gasteiger partial charge < -0.3 is 5.32 Å². The fraction of sp³-hybridized carbons (Fsp3) is 0.429. The van der Waals surface area contributed by atoms with Gasteiger partial charge in [0.1, 0.15) is 0 Å². The summed E-state index contributed by atoms with van der Waals surface area (Å²) in [6.07, 6.45) is 12.7. The summed E-state index contributed by atoms with van der Waals surface area (Å²) in [5.74, 6) is -0.208. The molecule has 0 spiro atoms. The lowest BCUT2D eigenvalue weighted by molar-refractivity contribution is 0.0934. The molecule has 0 unspecified atom stereocenters. The van der Waals surface area contributed by atoms with Gasteiger partial charge in [-0.05, 0) is 31.9 Å². The third-order valence-electron chi connectivity index (χ3n) is 5.41. The minimum Gasteiger partial charge on any atom is -0.344 e. The molecule has 7 heteroatoms. The Kier molecular flexibility index (Phi) is 5.50. The Morgan fingerprint density at radius 2 is 1.86 bits per heavy atom. The number of aromatic nitrogens is 5. The lowest BCUT2D eigenvalue weighted by atomic mass is 10.1. The van der Waals surface area contributed by atoms with Gasteiger partial charge in [0.2, 0.25) is 0 Å². The van der Waals surface area contributed by atoms with Crippen molar-refractivity contribution in [2.24, 2.45) is 0 Å². The van der Waals surface area contributed by atoms with Crippen molar-refractivity contribution < 1.29 is 4.79 Å². The van der Waals surface area contributed by atoms with Crippen molar-refractivity contribution in [1.82, 2.24) is 30.1 Å². The van der Waals surface area contributed by atoms with Crippen LogP contribution in [0.2, 0.25) is 0 Å². The van der Waals surface area contributed by atoms with E-state index < -0.39 is 0 Å². The number of hydrogen-bond acceptors (Lipinski definition) is 4. The highest BCUT2D eigenvalue weighted by molar-refractivity contribution is 5.92. The van der Waals surface area contributed by atoms with Crippen molar-refractivity contribution in [3.05, 3.63) is 60.2 Å². The molecule has 0 bridgehead atoms. The first-order valence-corrected chi connectivity index (χ1v) is 10.0. The van der Waals surface area contributed by atoms with E-state index in [2.05, 4.69) is 20.7 Å². The van der Waals surface area contributed by atoms with Crippen molar-refractivity contribution in [3.8, 4) is 5.69 Å². The zero-order chi connectivity index (χ0) is 19.3. The summed E-state index contributed by atoms with van der Waals surface area (Å²) in [6.45, 7) is 1.94. The molecule has 146 valence electrons. The molecule has 0 saturated heterocycles. The fourth-order valence-corrected chi connectivity index (χ4v) is 3.72. The maximum atomic E-state index is 12.6. The number of nitrogens with one attached hydrogen (secondary N) is 1. The Bertz CT molecular complexity index is 908. The van der Waals surface area contributed by atoms with Crippen molar-refractivity contribution in [1.29, 1.82) is 0 Å². The number of hydrogen-bond donors (Lipinski definition) is 1. The van der Waals surface area contributed by atoms with Crippen molar-refractivity contribution in [2.45, 2.75) is 57.5 Å². The zero-order valence-corrected chi connectivity index (χ0v) is 16.2. The number of benzene rings is 1. The molecule has 7 nitrogen and oxygen atoms in total. The minimum atomic E-state index is -0.208. The second-order valence-corrected chi connectivity index (χ2v) is 7.48. The van der Waals surface area contributed by atoms with Crippen LogP contribution in [0.3, 0.4) is 0 Å². The second kappa shape index (κ2) is 8.37. The van der Waals surface area contributed by atoms with E-state index in [4.69, 9.17) is 0 Å². The Labute approximate surface area is 164 Å². The molecular formula is C21H26N6O. The van der Waals surface area contributed by atoms with Gasteiger partial charge in [-0.1, -0.05) is 49.1 Å². The first kappa shape index (κ1) is 18.4. The van der Waals surface area contributed by atoms with Crippen LogP contribution in [0.4, 0.5) is 0 Å². The van der Waals surface area contributed by atoms with E-state index >= 15 is 0 Å². The first-order chi connectivity index (χ1) is 13.7. The van der Waals surface area contributed by atoms with Gasteiger partial charge in [-0.25, -0.2) is 9.36 Å². The number of para-hydroxylation sites is 1. The van der Waals surface area contributed by atoms with E-state index in [1.165, 1.54) is 25.7 Å². The van der Waals surface area contributed by atoms with E-state index in [9.17, 15) is 4.79 Å². The van der Waals surface area contributed by atoms with Crippen LogP contribution in [0.1, 0.15) is 73.6 Å². The molecule has 1 aliphatic carbocycles. The van der Waals surface area contributed by atoms with Crippen LogP contribution in [-0.2, 0) is 0 Å². The molecule has 1 aliphatic rings. The normalized spacial score (nSPS) is 16.5. The summed E-state index contributed by atoms with van der Waals surface area (Å²) in [4.78, 5) is 12.6. The maximum Gasteiger partial charge on any atom is 0.273 e. The SMILES string of the molecule is C[C@@H](NC(=O)c1cn(C2CCCCCC2)nn1)c1cnn(-c2ccccc2)c1. The predicted octanol–water partition coefficient (Wildman–Crippen LogP) is 3.85. The van der Waals surface area contributed by atoms with Crippen LogP contribution in [-0.4, -0.2) is 30.7 Å². The average molecular weight is 378 g/mol. The Hall–Kier alpha value is -2.96. The summed E-state index contributed by atoms with van der Waals surface area (Å²) in [5.41, 5.74) is 2.29. The molecule has 3 aromatic rings. The van der Waals surface area contributed by atoms with E-state index in [1.807, 2.05) is 48.1 Å². The molecule has 0 aliphatic heterocycles. The maximum absolute atomic E-state index is 12.6.